The van der Waals surface area contributed by atoms with Gasteiger partial charge in [0, 0.05) is 12.5 Å². The lowest BCUT2D eigenvalue weighted by atomic mass is 10.1. The van der Waals surface area contributed by atoms with E-state index in [0.29, 0.717) is 12.0 Å². The summed E-state index contributed by atoms with van der Waals surface area (Å²) in [5.74, 6) is -1.21. The molecular formula is C18H22F3NO5. The number of carbonyl (C=O) groups excluding carboxylic acids is 1. The molecule has 1 fully saturated rings. The maximum absolute atomic E-state index is 12.5. The molecule has 1 amide bonds. The number of hydrogen-bond acceptors (Lipinski definition) is 4. The van der Waals surface area contributed by atoms with Gasteiger partial charge in [-0.1, -0.05) is 6.07 Å². The monoisotopic (exact) mass is 389 g/mol. The van der Waals surface area contributed by atoms with Crippen LogP contribution in [0.5, 0.6) is 11.5 Å². The molecule has 0 spiro atoms. The second-order valence-corrected chi connectivity index (χ2v) is 6.44. The molecular weight excluding hydrogens is 367 g/mol. The molecule has 0 radical (unpaired) electrons. The molecule has 6 nitrogen and oxygen atoms in total. The van der Waals surface area contributed by atoms with Gasteiger partial charge < -0.3 is 19.5 Å². The summed E-state index contributed by atoms with van der Waals surface area (Å²) >= 11 is 0. The van der Waals surface area contributed by atoms with Gasteiger partial charge in [-0.3, -0.25) is 4.79 Å². The predicted molar refractivity (Wildman–Crippen MR) is 89.8 cm³/mol. The van der Waals surface area contributed by atoms with Gasteiger partial charge in [0.1, 0.15) is 6.04 Å². The van der Waals surface area contributed by atoms with Crippen LogP contribution in [0.15, 0.2) is 18.2 Å². The fourth-order valence-electron chi connectivity index (χ4n) is 2.73. The molecule has 1 aliphatic rings. The van der Waals surface area contributed by atoms with Crippen LogP contribution in [0.2, 0.25) is 0 Å². The Hall–Kier alpha value is -2.45. The minimum absolute atomic E-state index is 0.0312. The molecule has 27 heavy (non-hydrogen) atoms. The minimum Gasteiger partial charge on any atom is -0.493 e. The number of halogens is 3. The van der Waals surface area contributed by atoms with Crippen LogP contribution >= 0.6 is 0 Å². The lowest BCUT2D eigenvalue weighted by Gasteiger charge is -2.26. The molecule has 0 aromatic heterocycles. The normalized spacial score (nSPS) is 15.1. The summed E-state index contributed by atoms with van der Waals surface area (Å²) in [7, 11) is 1.31. The summed E-state index contributed by atoms with van der Waals surface area (Å²) in [6.45, 7) is 0.0545. The zero-order chi connectivity index (χ0) is 20.2. The first-order valence-electron chi connectivity index (χ1n) is 8.53. The highest BCUT2D eigenvalue weighted by atomic mass is 19.4. The number of rotatable bonds is 9. The van der Waals surface area contributed by atoms with E-state index in [1.165, 1.54) is 31.1 Å². The number of carboxylic acids is 1. The molecule has 1 saturated carbocycles. The van der Waals surface area contributed by atoms with Gasteiger partial charge in [-0.25, -0.2) is 4.79 Å². The van der Waals surface area contributed by atoms with Crippen molar-refractivity contribution in [2.75, 3.05) is 13.7 Å². The Morgan fingerprint density at radius 3 is 2.48 bits per heavy atom. The van der Waals surface area contributed by atoms with E-state index in [9.17, 15) is 22.8 Å². The van der Waals surface area contributed by atoms with Crippen molar-refractivity contribution in [1.82, 2.24) is 4.90 Å². The van der Waals surface area contributed by atoms with Gasteiger partial charge in [-0.15, -0.1) is 0 Å². The number of carbonyl (C=O) groups is 2. The zero-order valence-electron chi connectivity index (χ0n) is 15.1. The quantitative estimate of drug-likeness (QED) is 0.703. The number of hydrogen-bond donors (Lipinski definition) is 1. The third-order valence-corrected chi connectivity index (χ3v) is 4.25. The van der Waals surface area contributed by atoms with E-state index in [1.54, 1.807) is 6.07 Å². The van der Waals surface area contributed by atoms with Crippen LogP contribution in [0, 0.1) is 0 Å². The van der Waals surface area contributed by atoms with Gasteiger partial charge >= 0.3 is 12.1 Å². The van der Waals surface area contributed by atoms with E-state index in [0.717, 1.165) is 12.8 Å². The number of amides is 1. The highest BCUT2D eigenvalue weighted by Crippen LogP contribution is 2.32. The molecule has 9 heteroatoms. The minimum atomic E-state index is -4.46. The number of aryl methyl sites for hydroxylation is 1. The highest BCUT2D eigenvalue weighted by molar-refractivity contribution is 5.84. The van der Waals surface area contributed by atoms with Crippen LogP contribution in [-0.2, 0) is 16.0 Å². The smallest absolute Gasteiger partial charge is 0.422 e. The maximum atomic E-state index is 12.5. The first kappa shape index (κ1) is 20.9. The van der Waals surface area contributed by atoms with Crippen LogP contribution < -0.4 is 9.47 Å². The van der Waals surface area contributed by atoms with E-state index < -0.39 is 24.8 Å². The van der Waals surface area contributed by atoms with Gasteiger partial charge in [0.15, 0.2) is 18.1 Å². The molecule has 150 valence electrons. The van der Waals surface area contributed by atoms with Gasteiger partial charge in [0.05, 0.1) is 7.11 Å². The molecule has 0 heterocycles. The number of aliphatic carboxylic acids is 1. The molecule has 1 aliphatic carbocycles. The maximum Gasteiger partial charge on any atom is 0.422 e. The Labute approximate surface area is 154 Å². The van der Waals surface area contributed by atoms with E-state index in [4.69, 9.17) is 14.6 Å². The van der Waals surface area contributed by atoms with Crippen LogP contribution in [-0.4, -0.2) is 53.9 Å². The second kappa shape index (κ2) is 8.49. The Kier molecular flexibility index (Phi) is 6.56. The van der Waals surface area contributed by atoms with Crippen molar-refractivity contribution in [2.45, 2.75) is 50.9 Å². The van der Waals surface area contributed by atoms with E-state index >= 15 is 0 Å². The second-order valence-electron chi connectivity index (χ2n) is 6.44. The molecule has 1 atom stereocenters. The SMILES string of the molecule is COc1cc(CCC(=O)N(C2CC2)C(C)C(=O)O)ccc1OCC(F)(F)F. The Bertz CT molecular complexity index is 688. The molecule has 0 aliphatic heterocycles. The number of carboxylic acid groups (broad SMARTS) is 1. The molecule has 0 bridgehead atoms. The molecule has 1 N–H and O–H groups in total. The largest absolute Gasteiger partial charge is 0.493 e. The molecule has 0 saturated heterocycles. The number of alkyl halides is 3. The lowest BCUT2D eigenvalue weighted by molar-refractivity contribution is -0.153. The molecule has 1 aromatic carbocycles. The van der Waals surface area contributed by atoms with Crippen molar-refractivity contribution in [3.8, 4) is 11.5 Å². The van der Waals surface area contributed by atoms with Crippen LogP contribution in [0.4, 0.5) is 13.2 Å². The van der Waals surface area contributed by atoms with Crippen molar-refractivity contribution >= 4 is 11.9 Å². The van der Waals surface area contributed by atoms with Crippen LogP contribution in [0.1, 0.15) is 31.7 Å². The number of ether oxygens (including phenoxy) is 2. The summed E-state index contributed by atoms with van der Waals surface area (Å²) in [6.07, 6.45) is -2.46. The average Bonchev–Trinajstić information content (AvgIpc) is 3.42. The molecule has 2 rings (SSSR count). The van der Waals surface area contributed by atoms with Crippen molar-refractivity contribution in [1.29, 1.82) is 0 Å². The predicted octanol–water partition coefficient (Wildman–Crippen LogP) is 3.03. The summed E-state index contributed by atoms with van der Waals surface area (Å²) in [6, 6.07) is 3.52. The van der Waals surface area contributed by atoms with E-state index in [2.05, 4.69) is 0 Å². The van der Waals surface area contributed by atoms with Crippen molar-refractivity contribution in [2.24, 2.45) is 0 Å². The highest BCUT2D eigenvalue weighted by Gasteiger charge is 2.38. The first-order valence-corrected chi connectivity index (χ1v) is 8.53. The fraction of sp³-hybridized carbons (Fsp3) is 0.556. The fourth-order valence-corrected chi connectivity index (χ4v) is 2.73. The van der Waals surface area contributed by atoms with Gasteiger partial charge in [-0.05, 0) is 43.9 Å². The van der Waals surface area contributed by atoms with Gasteiger partial charge in [0.25, 0.3) is 0 Å². The summed E-state index contributed by atoms with van der Waals surface area (Å²) in [5, 5.41) is 9.17. The average molecular weight is 389 g/mol. The summed E-state index contributed by atoms with van der Waals surface area (Å²) in [5.41, 5.74) is 0.679. The van der Waals surface area contributed by atoms with Crippen LogP contribution in [0.3, 0.4) is 0 Å². The van der Waals surface area contributed by atoms with Crippen molar-refractivity contribution in [3.05, 3.63) is 23.8 Å². The summed E-state index contributed by atoms with van der Waals surface area (Å²) < 4.78 is 46.6. The third-order valence-electron chi connectivity index (χ3n) is 4.25. The topological polar surface area (TPSA) is 76.1 Å². The van der Waals surface area contributed by atoms with Gasteiger partial charge in [0.2, 0.25) is 5.91 Å². The van der Waals surface area contributed by atoms with Crippen LogP contribution in [0.25, 0.3) is 0 Å². The molecule has 1 unspecified atom stereocenters. The summed E-state index contributed by atoms with van der Waals surface area (Å²) in [4.78, 5) is 25.1. The van der Waals surface area contributed by atoms with Crippen molar-refractivity contribution < 1.29 is 37.3 Å². The standard InChI is InChI=1S/C18H22F3NO5/c1-11(17(24)25)22(13-5-6-13)16(23)8-4-12-3-7-14(15(9-12)26-2)27-10-18(19,20)21/h3,7,9,11,13H,4-6,8,10H2,1-2H3,(H,24,25). The van der Waals surface area contributed by atoms with E-state index in [-0.39, 0.29) is 29.9 Å². The zero-order valence-corrected chi connectivity index (χ0v) is 15.1. The lowest BCUT2D eigenvalue weighted by Crippen LogP contribution is -2.44. The van der Waals surface area contributed by atoms with Crippen molar-refractivity contribution in [3.63, 3.8) is 0 Å². The van der Waals surface area contributed by atoms with E-state index in [1.807, 2.05) is 0 Å². The van der Waals surface area contributed by atoms with Gasteiger partial charge in [-0.2, -0.15) is 13.2 Å². The first-order chi connectivity index (χ1) is 12.6. The number of nitrogens with zero attached hydrogens (tertiary/aromatic N) is 1. The Morgan fingerprint density at radius 1 is 1.30 bits per heavy atom. The Morgan fingerprint density at radius 2 is 1.96 bits per heavy atom. The molecule has 1 aromatic rings. The third kappa shape index (κ3) is 6.04. The number of benzene rings is 1. The number of methoxy groups -OCH3 is 1. The Balaban J connectivity index is 2.00.